The number of aliphatic hydroxyl groups is 1. The van der Waals surface area contributed by atoms with Gasteiger partial charge in [0.1, 0.15) is 5.75 Å². The zero-order chi connectivity index (χ0) is 22.7. The maximum absolute atomic E-state index is 11.0. The first-order chi connectivity index (χ1) is 16.1. The lowest BCUT2D eigenvalue weighted by molar-refractivity contribution is 0.216. The van der Waals surface area contributed by atoms with E-state index in [1.807, 2.05) is 43.3 Å². The molecule has 0 saturated heterocycles. The van der Waals surface area contributed by atoms with Crippen LogP contribution in [0.2, 0.25) is 0 Å². The molecule has 5 nitrogen and oxygen atoms in total. The Morgan fingerprint density at radius 2 is 2.00 bits per heavy atom. The van der Waals surface area contributed by atoms with Crippen LogP contribution < -0.4 is 4.74 Å². The molecule has 1 aliphatic rings. The number of para-hydroxylation sites is 2. The molecule has 4 aromatic rings. The van der Waals surface area contributed by atoms with E-state index in [-0.39, 0.29) is 0 Å². The van der Waals surface area contributed by atoms with Crippen molar-refractivity contribution in [3.8, 4) is 5.75 Å². The van der Waals surface area contributed by atoms with Crippen LogP contribution in [0.1, 0.15) is 23.2 Å². The summed E-state index contributed by atoms with van der Waals surface area (Å²) >= 11 is 4.76. The molecule has 0 saturated carbocycles. The van der Waals surface area contributed by atoms with Crippen molar-refractivity contribution in [3.63, 3.8) is 0 Å². The maximum Gasteiger partial charge on any atom is 0.166 e. The second-order valence-corrected chi connectivity index (χ2v) is 11.8. The number of nitrogens with zero attached hydrogens (tertiary/aromatic N) is 2. The lowest BCUT2D eigenvalue weighted by Crippen LogP contribution is -2.25. The van der Waals surface area contributed by atoms with Crippen molar-refractivity contribution in [1.82, 2.24) is 15.0 Å². The number of hydrogen-bond acceptors (Lipinski definition) is 7. The summed E-state index contributed by atoms with van der Waals surface area (Å²) in [5.74, 6) is 2.28. The highest BCUT2D eigenvalue weighted by Gasteiger charge is 2.33. The van der Waals surface area contributed by atoms with E-state index in [0.717, 1.165) is 51.8 Å². The SMILES string of the molecule is Cc1c(OCCSC2(O)CCc3ccccc3S2)ccnc1CSc1nc2ccccc2[nH]1. The Bertz CT molecular complexity index is 1230. The van der Waals surface area contributed by atoms with Crippen LogP contribution in [0.5, 0.6) is 5.75 Å². The molecule has 3 heterocycles. The molecule has 5 rings (SSSR count). The largest absolute Gasteiger partial charge is 0.492 e. The molecule has 0 amide bonds. The van der Waals surface area contributed by atoms with E-state index in [9.17, 15) is 5.11 Å². The van der Waals surface area contributed by atoms with Gasteiger partial charge in [-0.3, -0.25) is 4.98 Å². The molecule has 2 aromatic carbocycles. The monoisotopic (exact) mass is 495 g/mol. The predicted molar refractivity (Wildman–Crippen MR) is 138 cm³/mol. The molecule has 0 fully saturated rings. The summed E-state index contributed by atoms with van der Waals surface area (Å²) in [7, 11) is 0. The number of aromatic amines is 1. The van der Waals surface area contributed by atoms with Gasteiger partial charge in [0.05, 0.1) is 23.3 Å². The number of aryl methyl sites for hydroxylation is 1. The minimum Gasteiger partial charge on any atom is -0.492 e. The van der Waals surface area contributed by atoms with Gasteiger partial charge in [0.2, 0.25) is 0 Å². The number of nitrogens with one attached hydrogen (secondary N) is 1. The number of aromatic nitrogens is 3. The van der Waals surface area contributed by atoms with Gasteiger partial charge in [-0.2, -0.15) is 0 Å². The van der Waals surface area contributed by atoms with E-state index in [2.05, 4.69) is 33.2 Å². The molecular formula is C25H25N3O2S3. The Labute approximate surface area is 206 Å². The molecule has 2 aromatic heterocycles. The number of rotatable bonds is 8. The Hall–Kier alpha value is -2.13. The van der Waals surface area contributed by atoms with Crippen molar-refractivity contribution in [2.24, 2.45) is 0 Å². The van der Waals surface area contributed by atoms with Crippen molar-refractivity contribution in [2.75, 3.05) is 12.4 Å². The third-order valence-electron chi connectivity index (χ3n) is 5.59. The third kappa shape index (κ3) is 5.35. The first-order valence-electron chi connectivity index (χ1n) is 10.9. The van der Waals surface area contributed by atoms with Crippen LogP contribution in [0.15, 0.2) is 70.8 Å². The van der Waals surface area contributed by atoms with Crippen LogP contribution in [0.25, 0.3) is 11.0 Å². The molecule has 8 heteroatoms. The van der Waals surface area contributed by atoms with Crippen molar-refractivity contribution < 1.29 is 9.84 Å². The van der Waals surface area contributed by atoms with Crippen LogP contribution in [0, 0.1) is 6.92 Å². The van der Waals surface area contributed by atoms with E-state index in [0.29, 0.717) is 12.4 Å². The molecule has 1 aliphatic heterocycles. The molecule has 0 bridgehead atoms. The number of ether oxygens (including phenoxy) is 1. The van der Waals surface area contributed by atoms with E-state index in [1.54, 1.807) is 41.5 Å². The van der Waals surface area contributed by atoms with Crippen molar-refractivity contribution in [2.45, 2.75) is 39.8 Å². The summed E-state index contributed by atoms with van der Waals surface area (Å²) in [5.41, 5.74) is 5.38. The average Bonchev–Trinajstić information content (AvgIpc) is 3.25. The highest BCUT2D eigenvalue weighted by Crippen LogP contribution is 2.47. The summed E-state index contributed by atoms with van der Waals surface area (Å²) in [6.45, 7) is 2.58. The fraction of sp³-hybridized carbons (Fsp3) is 0.280. The van der Waals surface area contributed by atoms with Gasteiger partial charge >= 0.3 is 0 Å². The lowest BCUT2D eigenvalue weighted by atomic mass is 10.1. The molecule has 0 radical (unpaired) electrons. The molecule has 170 valence electrons. The van der Waals surface area contributed by atoms with Gasteiger partial charge in [-0.15, -0.1) is 11.8 Å². The maximum atomic E-state index is 11.0. The number of pyridine rings is 1. The summed E-state index contributed by atoms with van der Waals surface area (Å²) < 4.78 is 5.28. The highest BCUT2D eigenvalue weighted by molar-refractivity contribution is 8.18. The molecule has 1 atom stereocenters. The third-order valence-corrected chi connectivity index (χ3v) is 9.25. The van der Waals surface area contributed by atoms with Crippen LogP contribution >= 0.6 is 35.3 Å². The summed E-state index contributed by atoms with van der Waals surface area (Å²) in [6.07, 6.45) is 3.45. The number of hydrogen-bond donors (Lipinski definition) is 2. The van der Waals surface area contributed by atoms with Crippen molar-refractivity contribution in [3.05, 3.63) is 77.6 Å². The Kier molecular flexibility index (Phi) is 6.87. The van der Waals surface area contributed by atoms with Crippen molar-refractivity contribution >= 4 is 46.3 Å². The summed E-state index contributed by atoms with van der Waals surface area (Å²) in [4.78, 5) is 13.7. The first-order valence-corrected chi connectivity index (χ1v) is 13.7. The second-order valence-electron chi connectivity index (χ2n) is 7.85. The van der Waals surface area contributed by atoms with Crippen LogP contribution in [0.3, 0.4) is 0 Å². The predicted octanol–water partition coefficient (Wildman–Crippen LogP) is 6.06. The van der Waals surface area contributed by atoms with Crippen LogP contribution in [-0.2, 0) is 12.2 Å². The summed E-state index contributed by atoms with van der Waals surface area (Å²) in [6, 6.07) is 18.3. The number of thioether (sulfide) groups is 3. The van der Waals surface area contributed by atoms with Gasteiger partial charge in [-0.05, 0) is 49.6 Å². The fourth-order valence-corrected chi connectivity index (χ4v) is 7.17. The standard InChI is InChI=1S/C25H25N3O2S3/c1-17-21(16-31-24-27-19-7-3-4-8-20(19)28-24)26-13-11-22(17)30-14-15-32-25(29)12-10-18-6-2-5-9-23(18)33-25/h2-9,11,13,29H,10,12,14-16H2,1H3,(H,27,28). The first kappa shape index (κ1) is 22.7. The van der Waals surface area contributed by atoms with Gasteiger partial charge in [0, 0.05) is 28.2 Å². The van der Waals surface area contributed by atoms with E-state index in [4.69, 9.17) is 4.74 Å². The molecular weight excluding hydrogens is 470 g/mol. The number of fused-ring (bicyclic) bond motifs is 2. The highest BCUT2D eigenvalue weighted by atomic mass is 32.2. The van der Waals surface area contributed by atoms with Gasteiger partial charge in [-0.1, -0.05) is 53.9 Å². The quantitative estimate of drug-likeness (QED) is 0.175. The lowest BCUT2D eigenvalue weighted by Gasteiger charge is -2.32. The van der Waals surface area contributed by atoms with Crippen LogP contribution in [-0.4, -0.2) is 36.7 Å². The number of benzene rings is 2. The second kappa shape index (κ2) is 10.0. The Balaban J connectivity index is 1.14. The van der Waals surface area contributed by atoms with Gasteiger partial charge in [-0.25, -0.2) is 4.98 Å². The van der Waals surface area contributed by atoms with E-state index in [1.165, 1.54) is 10.5 Å². The molecule has 0 aliphatic carbocycles. The molecule has 33 heavy (non-hydrogen) atoms. The average molecular weight is 496 g/mol. The number of H-pyrrole nitrogens is 1. The topological polar surface area (TPSA) is 71.0 Å². The number of imidazole rings is 1. The fourth-order valence-electron chi connectivity index (χ4n) is 3.78. The van der Waals surface area contributed by atoms with E-state index >= 15 is 0 Å². The van der Waals surface area contributed by atoms with Crippen LogP contribution in [0.4, 0.5) is 0 Å². The van der Waals surface area contributed by atoms with Crippen molar-refractivity contribution in [1.29, 1.82) is 0 Å². The van der Waals surface area contributed by atoms with Gasteiger partial charge < -0.3 is 14.8 Å². The zero-order valence-corrected chi connectivity index (χ0v) is 20.7. The normalized spacial score (nSPS) is 17.8. The van der Waals surface area contributed by atoms with Gasteiger partial charge in [0.15, 0.2) is 9.42 Å². The Morgan fingerprint density at radius 1 is 1.15 bits per heavy atom. The zero-order valence-electron chi connectivity index (χ0n) is 18.3. The Morgan fingerprint density at radius 3 is 2.91 bits per heavy atom. The minimum atomic E-state index is -0.792. The van der Waals surface area contributed by atoms with E-state index < -0.39 is 4.27 Å². The summed E-state index contributed by atoms with van der Waals surface area (Å²) in [5, 5.41) is 11.9. The molecule has 2 N–H and O–H groups in total. The van der Waals surface area contributed by atoms with Gasteiger partial charge in [0.25, 0.3) is 0 Å². The molecule has 1 unspecified atom stereocenters. The minimum absolute atomic E-state index is 0.538. The molecule has 0 spiro atoms. The smallest absolute Gasteiger partial charge is 0.166 e.